The second-order valence-corrected chi connectivity index (χ2v) is 3.20. The zero-order valence-electron chi connectivity index (χ0n) is 8.04. The van der Waals surface area contributed by atoms with Crippen LogP contribution in [0.4, 0.5) is 14.5 Å². The number of anilines is 1. The molecule has 0 amide bonds. The quantitative estimate of drug-likeness (QED) is 0.730. The van der Waals surface area contributed by atoms with Crippen LogP contribution in [0.3, 0.4) is 0 Å². The number of benzene rings is 1. The molecule has 0 saturated carbocycles. The summed E-state index contributed by atoms with van der Waals surface area (Å²) >= 11 is 0. The second kappa shape index (κ2) is 3.34. The van der Waals surface area contributed by atoms with Crippen LogP contribution in [0, 0.1) is 18.6 Å². The van der Waals surface area contributed by atoms with Crippen LogP contribution in [-0.2, 0) is 0 Å². The largest absolute Gasteiger partial charge is 0.397 e. The molecule has 0 aliphatic heterocycles. The van der Waals surface area contributed by atoms with Crippen LogP contribution in [0.5, 0.6) is 0 Å². The molecule has 0 spiro atoms. The molecule has 2 aromatic rings. The number of nitrogens with two attached hydrogens (primary N) is 1. The Kier molecular flexibility index (Phi) is 2.15. The lowest BCUT2D eigenvalue weighted by Crippen LogP contribution is -2.05. The lowest BCUT2D eigenvalue weighted by Gasteiger charge is -2.07. The topological polar surface area (TPSA) is 43.8 Å². The SMILES string of the molecule is Cc1ccn(-c2c(N)ccc(F)c2F)n1. The summed E-state index contributed by atoms with van der Waals surface area (Å²) in [6.07, 6.45) is 1.53. The predicted octanol–water partition coefficient (Wildman–Crippen LogP) is 2.04. The molecule has 0 saturated heterocycles. The zero-order valence-corrected chi connectivity index (χ0v) is 8.04. The summed E-state index contributed by atoms with van der Waals surface area (Å²) < 4.78 is 27.6. The lowest BCUT2D eigenvalue weighted by atomic mass is 10.2. The average molecular weight is 209 g/mol. The summed E-state index contributed by atoms with van der Waals surface area (Å²) in [7, 11) is 0. The van der Waals surface area contributed by atoms with Crippen molar-refractivity contribution in [2.24, 2.45) is 0 Å². The smallest absolute Gasteiger partial charge is 0.186 e. The second-order valence-electron chi connectivity index (χ2n) is 3.20. The first-order valence-electron chi connectivity index (χ1n) is 4.35. The minimum absolute atomic E-state index is 0.0527. The predicted molar refractivity (Wildman–Crippen MR) is 52.6 cm³/mol. The van der Waals surface area contributed by atoms with E-state index in [0.29, 0.717) is 5.69 Å². The third-order valence-electron chi connectivity index (χ3n) is 2.05. The van der Waals surface area contributed by atoms with Gasteiger partial charge in [-0.15, -0.1) is 0 Å². The van der Waals surface area contributed by atoms with Crippen LogP contribution in [0.25, 0.3) is 5.69 Å². The van der Waals surface area contributed by atoms with Crippen LogP contribution in [-0.4, -0.2) is 9.78 Å². The van der Waals surface area contributed by atoms with Crippen molar-refractivity contribution >= 4 is 5.69 Å². The lowest BCUT2D eigenvalue weighted by molar-refractivity contribution is 0.502. The normalized spacial score (nSPS) is 10.6. The van der Waals surface area contributed by atoms with E-state index in [1.807, 2.05) is 0 Å². The molecule has 1 aromatic carbocycles. The highest BCUT2D eigenvalue weighted by Crippen LogP contribution is 2.22. The van der Waals surface area contributed by atoms with Crippen molar-refractivity contribution in [1.29, 1.82) is 0 Å². The van der Waals surface area contributed by atoms with Gasteiger partial charge in [0.1, 0.15) is 5.69 Å². The van der Waals surface area contributed by atoms with Gasteiger partial charge >= 0.3 is 0 Å². The molecule has 0 atom stereocenters. The van der Waals surface area contributed by atoms with E-state index in [0.717, 1.165) is 6.07 Å². The van der Waals surface area contributed by atoms with E-state index in [9.17, 15) is 8.78 Å². The molecule has 1 aromatic heterocycles. The fraction of sp³-hybridized carbons (Fsp3) is 0.100. The molecule has 1 heterocycles. The van der Waals surface area contributed by atoms with Gasteiger partial charge in [-0.2, -0.15) is 5.10 Å². The van der Waals surface area contributed by atoms with Gasteiger partial charge in [-0.25, -0.2) is 13.5 Å². The van der Waals surface area contributed by atoms with Crippen molar-refractivity contribution in [1.82, 2.24) is 9.78 Å². The Morgan fingerprint density at radius 1 is 1.27 bits per heavy atom. The van der Waals surface area contributed by atoms with Crippen molar-refractivity contribution in [2.75, 3.05) is 5.73 Å². The van der Waals surface area contributed by atoms with E-state index in [1.54, 1.807) is 13.0 Å². The molecule has 0 aliphatic rings. The molecule has 0 bridgehead atoms. The van der Waals surface area contributed by atoms with Gasteiger partial charge < -0.3 is 5.73 Å². The summed E-state index contributed by atoms with van der Waals surface area (Å²) in [4.78, 5) is 0. The number of nitrogen functional groups attached to an aromatic ring is 1. The minimum atomic E-state index is -0.988. The van der Waals surface area contributed by atoms with Gasteiger partial charge in [-0.1, -0.05) is 0 Å². The summed E-state index contributed by atoms with van der Waals surface area (Å²) in [5.74, 6) is -1.93. The summed E-state index contributed by atoms with van der Waals surface area (Å²) in [6, 6.07) is 3.99. The molecule has 2 N–H and O–H groups in total. The van der Waals surface area contributed by atoms with Crippen molar-refractivity contribution < 1.29 is 8.78 Å². The highest BCUT2D eigenvalue weighted by atomic mass is 19.2. The van der Waals surface area contributed by atoms with Gasteiger partial charge in [0.2, 0.25) is 0 Å². The van der Waals surface area contributed by atoms with Crippen molar-refractivity contribution in [3.63, 3.8) is 0 Å². The number of aromatic nitrogens is 2. The fourth-order valence-electron chi connectivity index (χ4n) is 1.33. The molecule has 0 fully saturated rings. The summed E-state index contributed by atoms with van der Waals surface area (Å²) in [6.45, 7) is 1.75. The molecule has 0 radical (unpaired) electrons. The zero-order chi connectivity index (χ0) is 11.0. The number of hydrogen-bond acceptors (Lipinski definition) is 2. The molecule has 3 nitrogen and oxygen atoms in total. The Bertz CT molecular complexity index is 505. The number of aryl methyl sites for hydroxylation is 1. The minimum Gasteiger partial charge on any atom is -0.397 e. The summed E-state index contributed by atoms with van der Waals surface area (Å²) in [5, 5.41) is 3.97. The van der Waals surface area contributed by atoms with Crippen LogP contribution < -0.4 is 5.73 Å². The first kappa shape index (κ1) is 9.64. The highest BCUT2D eigenvalue weighted by Gasteiger charge is 2.14. The molecular formula is C10H9F2N3. The maximum absolute atomic E-state index is 13.4. The third kappa shape index (κ3) is 1.56. The molecule has 78 valence electrons. The Labute approximate surface area is 85.1 Å². The first-order chi connectivity index (χ1) is 7.09. The molecule has 0 aliphatic carbocycles. The van der Waals surface area contributed by atoms with E-state index in [1.165, 1.54) is 16.9 Å². The van der Waals surface area contributed by atoms with Crippen LogP contribution in [0.1, 0.15) is 5.69 Å². The first-order valence-corrected chi connectivity index (χ1v) is 4.35. The summed E-state index contributed by atoms with van der Waals surface area (Å²) in [5.41, 5.74) is 6.37. The Hall–Kier alpha value is -1.91. The van der Waals surface area contributed by atoms with Crippen LogP contribution in [0.2, 0.25) is 0 Å². The fourth-order valence-corrected chi connectivity index (χ4v) is 1.33. The third-order valence-corrected chi connectivity index (χ3v) is 2.05. The van der Waals surface area contributed by atoms with Gasteiger partial charge in [0.15, 0.2) is 11.6 Å². The maximum atomic E-state index is 13.4. The van der Waals surface area contributed by atoms with Gasteiger partial charge in [0, 0.05) is 6.20 Å². The van der Waals surface area contributed by atoms with Gasteiger partial charge in [-0.05, 0) is 25.1 Å². The maximum Gasteiger partial charge on any atom is 0.186 e. The van der Waals surface area contributed by atoms with Crippen molar-refractivity contribution in [3.05, 3.63) is 41.7 Å². The average Bonchev–Trinajstić information content (AvgIpc) is 2.59. The Morgan fingerprint density at radius 3 is 2.60 bits per heavy atom. The molecular weight excluding hydrogens is 200 g/mol. The van der Waals surface area contributed by atoms with E-state index in [-0.39, 0.29) is 11.4 Å². The van der Waals surface area contributed by atoms with E-state index >= 15 is 0 Å². The number of rotatable bonds is 1. The van der Waals surface area contributed by atoms with E-state index in [2.05, 4.69) is 5.10 Å². The number of halogens is 2. The van der Waals surface area contributed by atoms with Gasteiger partial charge in [0.05, 0.1) is 11.4 Å². The van der Waals surface area contributed by atoms with Gasteiger partial charge in [-0.3, -0.25) is 0 Å². The number of nitrogens with zero attached hydrogens (tertiary/aromatic N) is 2. The van der Waals surface area contributed by atoms with E-state index in [4.69, 9.17) is 5.73 Å². The number of hydrogen-bond donors (Lipinski definition) is 1. The highest BCUT2D eigenvalue weighted by molar-refractivity contribution is 5.58. The Balaban J connectivity index is 2.66. The molecule has 0 unspecified atom stereocenters. The van der Waals surface area contributed by atoms with Crippen LogP contribution >= 0.6 is 0 Å². The molecule has 2 rings (SSSR count). The standard InChI is InChI=1S/C10H9F2N3/c1-6-4-5-15(14-6)10-8(13)3-2-7(11)9(10)12/h2-5H,13H2,1H3. The van der Waals surface area contributed by atoms with Crippen molar-refractivity contribution in [2.45, 2.75) is 6.92 Å². The van der Waals surface area contributed by atoms with Crippen LogP contribution in [0.15, 0.2) is 24.4 Å². The molecule has 15 heavy (non-hydrogen) atoms. The monoisotopic (exact) mass is 209 g/mol. The van der Waals surface area contributed by atoms with Crippen molar-refractivity contribution in [3.8, 4) is 5.69 Å². The van der Waals surface area contributed by atoms with Gasteiger partial charge in [0.25, 0.3) is 0 Å². The molecule has 5 heteroatoms. The van der Waals surface area contributed by atoms with E-state index < -0.39 is 11.6 Å². The Morgan fingerprint density at radius 2 is 2.00 bits per heavy atom.